The van der Waals surface area contributed by atoms with E-state index in [-0.39, 0.29) is 15.7 Å². The van der Waals surface area contributed by atoms with E-state index < -0.39 is 18.6 Å². The summed E-state index contributed by atoms with van der Waals surface area (Å²) in [6.07, 6.45) is -4.57. The number of hydrogen-bond acceptors (Lipinski definition) is 2. The van der Waals surface area contributed by atoms with Crippen molar-refractivity contribution in [1.82, 2.24) is 0 Å². The van der Waals surface area contributed by atoms with Gasteiger partial charge in [0.2, 0.25) is 0 Å². The summed E-state index contributed by atoms with van der Waals surface area (Å²) in [7, 11) is 0. The molecule has 17 heavy (non-hydrogen) atoms. The van der Waals surface area contributed by atoms with Gasteiger partial charge in [0.05, 0.1) is 21.8 Å². The molecule has 1 rings (SSSR count). The van der Waals surface area contributed by atoms with Crippen LogP contribution in [0.4, 0.5) is 18.9 Å². The van der Waals surface area contributed by atoms with Gasteiger partial charge in [-0.2, -0.15) is 18.4 Å². The third-order valence-electron chi connectivity index (χ3n) is 2.00. The van der Waals surface area contributed by atoms with Crippen LogP contribution in [-0.4, -0.2) is 12.7 Å². The summed E-state index contributed by atoms with van der Waals surface area (Å²) in [5, 5.41) is 11.2. The second-order valence-electron chi connectivity index (χ2n) is 3.20. The predicted octanol–water partition coefficient (Wildman–Crippen LogP) is 4.11. The van der Waals surface area contributed by atoms with E-state index in [2.05, 4.69) is 5.32 Å². The minimum atomic E-state index is -4.57. The monoisotopic (exact) mass is 282 g/mol. The number of nitrogens with zero attached hydrogens (tertiary/aromatic N) is 1. The number of benzene rings is 1. The Kier molecular flexibility index (Phi) is 4.49. The standard InChI is InChI=1S/C10H7Cl2F3N2/c11-7-2-1-3-8(12)9(7)17-5-6(4-16)10(13,14)15/h1-3,6,17H,5H2. The van der Waals surface area contributed by atoms with Crippen LogP contribution in [0, 0.1) is 17.2 Å². The summed E-state index contributed by atoms with van der Waals surface area (Å²) < 4.78 is 36.9. The van der Waals surface area contributed by atoms with Gasteiger partial charge < -0.3 is 5.32 Å². The van der Waals surface area contributed by atoms with Crippen molar-refractivity contribution in [2.24, 2.45) is 5.92 Å². The third-order valence-corrected chi connectivity index (χ3v) is 2.63. The maximum Gasteiger partial charge on any atom is 0.406 e. The fourth-order valence-corrected chi connectivity index (χ4v) is 1.64. The average molecular weight is 283 g/mol. The van der Waals surface area contributed by atoms with Crippen LogP contribution in [0.15, 0.2) is 18.2 Å². The molecule has 7 heteroatoms. The summed E-state index contributed by atoms with van der Waals surface area (Å²) >= 11 is 11.5. The van der Waals surface area contributed by atoms with E-state index in [0.29, 0.717) is 0 Å². The van der Waals surface area contributed by atoms with Crippen LogP contribution in [0.25, 0.3) is 0 Å². The molecule has 0 aliphatic carbocycles. The van der Waals surface area contributed by atoms with Crippen molar-refractivity contribution < 1.29 is 13.2 Å². The van der Waals surface area contributed by atoms with Crippen molar-refractivity contribution in [1.29, 1.82) is 5.26 Å². The highest BCUT2D eigenvalue weighted by Crippen LogP contribution is 2.31. The maximum absolute atomic E-state index is 12.3. The first kappa shape index (κ1) is 13.9. The molecule has 0 saturated heterocycles. The quantitative estimate of drug-likeness (QED) is 0.906. The number of nitriles is 1. The molecular formula is C10H7Cl2F3N2. The molecule has 0 radical (unpaired) electrons. The molecule has 0 amide bonds. The molecule has 2 nitrogen and oxygen atoms in total. The Balaban J connectivity index is 2.78. The van der Waals surface area contributed by atoms with E-state index in [1.807, 2.05) is 0 Å². The van der Waals surface area contributed by atoms with Gasteiger partial charge in [0.1, 0.15) is 0 Å². The van der Waals surface area contributed by atoms with Gasteiger partial charge >= 0.3 is 6.18 Å². The zero-order valence-electron chi connectivity index (χ0n) is 8.35. The van der Waals surface area contributed by atoms with Crippen LogP contribution in [0.5, 0.6) is 0 Å². The molecular weight excluding hydrogens is 276 g/mol. The molecule has 0 fully saturated rings. The van der Waals surface area contributed by atoms with Crippen molar-refractivity contribution in [3.05, 3.63) is 28.2 Å². The smallest absolute Gasteiger partial charge is 0.381 e. The third kappa shape index (κ3) is 3.69. The van der Waals surface area contributed by atoms with E-state index in [9.17, 15) is 13.2 Å². The summed E-state index contributed by atoms with van der Waals surface area (Å²) in [4.78, 5) is 0. The molecule has 0 aliphatic rings. The number of alkyl halides is 3. The Morgan fingerprint density at radius 1 is 1.29 bits per heavy atom. The van der Waals surface area contributed by atoms with Gasteiger partial charge in [-0.25, -0.2) is 0 Å². The lowest BCUT2D eigenvalue weighted by atomic mass is 10.1. The Morgan fingerprint density at radius 2 is 1.82 bits per heavy atom. The summed E-state index contributed by atoms with van der Waals surface area (Å²) in [5.41, 5.74) is 0.195. The minimum Gasteiger partial charge on any atom is -0.381 e. The molecule has 0 saturated carbocycles. The number of halogens is 5. The highest BCUT2D eigenvalue weighted by molar-refractivity contribution is 6.39. The number of nitrogens with one attached hydrogen (secondary N) is 1. The molecule has 1 aromatic rings. The average Bonchev–Trinajstić information content (AvgIpc) is 2.20. The second-order valence-corrected chi connectivity index (χ2v) is 4.02. The lowest BCUT2D eigenvalue weighted by molar-refractivity contribution is -0.155. The van der Waals surface area contributed by atoms with Crippen LogP contribution in [0.1, 0.15) is 0 Å². The summed E-state index contributed by atoms with van der Waals surface area (Å²) in [6, 6.07) is 5.73. The molecule has 0 heterocycles. The Bertz CT molecular complexity index is 420. The van der Waals surface area contributed by atoms with Gasteiger partial charge in [-0.15, -0.1) is 0 Å². The van der Waals surface area contributed by atoms with Crippen molar-refractivity contribution in [2.45, 2.75) is 6.18 Å². The van der Waals surface area contributed by atoms with Gasteiger partial charge in [0.15, 0.2) is 5.92 Å². The van der Waals surface area contributed by atoms with Gasteiger partial charge in [0, 0.05) is 6.54 Å². The number of anilines is 1. The van der Waals surface area contributed by atoms with E-state index in [4.69, 9.17) is 28.5 Å². The molecule has 0 aliphatic heterocycles. The summed E-state index contributed by atoms with van der Waals surface area (Å²) in [6.45, 7) is -0.594. The lowest BCUT2D eigenvalue weighted by Crippen LogP contribution is -2.28. The zero-order valence-corrected chi connectivity index (χ0v) is 9.87. The minimum absolute atomic E-state index is 0.195. The Hall–Kier alpha value is -1.12. The maximum atomic E-state index is 12.3. The van der Waals surface area contributed by atoms with Gasteiger partial charge in [0.25, 0.3) is 0 Å². The molecule has 92 valence electrons. The van der Waals surface area contributed by atoms with Crippen molar-refractivity contribution in [3.63, 3.8) is 0 Å². The molecule has 0 aromatic heterocycles. The molecule has 0 spiro atoms. The highest BCUT2D eigenvalue weighted by Gasteiger charge is 2.39. The number of para-hydroxylation sites is 1. The van der Waals surface area contributed by atoms with E-state index in [1.165, 1.54) is 18.2 Å². The predicted molar refractivity (Wildman–Crippen MR) is 60.1 cm³/mol. The lowest BCUT2D eigenvalue weighted by Gasteiger charge is -2.16. The van der Waals surface area contributed by atoms with Crippen LogP contribution in [0.3, 0.4) is 0 Å². The topological polar surface area (TPSA) is 35.8 Å². The van der Waals surface area contributed by atoms with E-state index in [1.54, 1.807) is 6.07 Å². The van der Waals surface area contributed by atoms with Gasteiger partial charge in [-0.05, 0) is 12.1 Å². The summed E-state index contributed by atoms with van der Waals surface area (Å²) in [5.74, 6) is -2.10. The normalized spacial score (nSPS) is 12.9. The molecule has 1 atom stereocenters. The van der Waals surface area contributed by atoms with Crippen molar-refractivity contribution in [2.75, 3.05) is 11.9 Å². The Labute approximate surface area is 106 Å². The Morgan fingerprint density at radius 3 is 2.24 bits per heavy atom. The number of rotatable bonds is 3. The van der Waals surface area contributed by atoms with Crippen molar-refractivity contribution >= 4 is 28.9 Å². The zero-order chi connectivity index (χ0) is 13.1. The van der Waals surface area contributed by atoms with Crippen LogP contribution >= 0.6 is 23.2 Å². The first-order valence-corrected chi connectivity index (χ1v) is 5.26. The molecule has 1 aromatic carbocycles. The molecule has 1 N–H and O–H groups in total. The van der Waals surface area contributed by atoms with Gasteiger partial charge in [-0.3, -0.25) is 0 Å². The second kappa shape index (κ2) is 5.48. The first-order chi connectivity index (χ1) is 7.86. The van der Waals surface area contributed by atoms with E-state index in [0.717, 1.165) is 0 Å². The largest absolute Gasteiger partial charge is 0.406 e. The van der Waals surface area contributed by atoms with Crippen molar-refractivity contribution in [3.8, 4) is 6.07 Å². The van der Waals surface area contributed by atoms with Crippen LogP contribution < -0.4 is 5.32 Å². The van der Waals surface area contributed by atoms with Crippen LogP contribution in [-0.2, 0) is 0 Å². The fourth-order valence-electron chi connectivity index (χ4n) is 1.11. The molecule has 1 unspecified atom stereocenters. The highest BCUT2D eigenvalue weighted by atomic mass is 35.5. The number of hydrogen-bond donors (Lipinski definition) is 1. The first-order valence-electron chi connectivity index (χ1n) is 4.50. The SMILES string of the molecule is N#CC(CNc1c(Cl)cccc1Cl)C(F)(F)F. The fraction of sp³-hybridized carbons (Fsp3) is 0.300. The van der Waals surface area contributed by atoms with E-state index >= 15 is 0 Å². The van der Waals surface area contributed by atoms with Crippen LogP contribution in [0.2, 0.25) is 10.0 Å². The van der Waals surface area contributed by atoms with Gasteiger partial charge in [-0.1, -0.05) is 29.3 Å². The molecule has 0 bridgehead atoms.